The first-order valence-electron chi connectivity index (χ1n) is 7.99. The number of nitrogens with one attached hydrogen (secondary N) is 2. The van der Waals surface area contributed by atoms with Crippen molar-refractivity contribution in [3.63, 3.8) is 0 Å². The molecule has 5 nitrogen and oxygen atoms in total. The van der Waals surface area contributed by atoms with Gasteiger partial charge in [0.2, 0.25) is 0 Å². The Kier molecular flexibility index (Phi) is 7.64. The predicted molar refractivity (Wildman–Crippen MR) is 85.9 cm³/mol. The molecule has 0 aliphatic heterocycles. The van der Waals surface area contributed by atoms with Crippen molar-refractivity contribution in [3.05, 3.63) is 29.3 Å². The fourth-order valence-electron chi connectivity index (χ4n) is 2.16. The van der Waals surface area contributed by atoms with Crippen molar-refractivity contribution in [3.8, 4) is 0 Å². The summed E-state index contributed by atoms with van der Waals surface area (Å²) in [5.41, 5.74) is -3.95. The van der Waals surface area contributed by atoms with E-state index in [1.807, 2.05) is 18.7 Å². The van der Waals surface area contributed by atoms with Gasteiger partial charge in [0.05, 0.1) is 11.1 Å². The molecule has 0 radical (unpaired) electrons. The fourth-order valence-corrected chi connectivity index (χ4v) is 2.16. The minimum absolute atomic E-state index is 0.0696. The van der Waals surface area contributed by atoms with Gasteiger partial charge in [-0.05, 0) is 31.3 Å². The minimum atomic E-state index is -5.05. The maximum atomic E-state index is 12.8. The van der Waals surface area contributed by atoms with Crippen molar-refractivity contribution in [1.29, 1.82) is 0 Å². The van der Waals surface area contributed by atoms with E-state index in [0.717, 1.165) is 0 Å². The molecule has 0 aliphatic carbocycles. The average molecular weight is 399 g/mol. The van der Waals surface area contributed by atoms with Gasteiger partial charge in [-0.15, -0.1) is 0 Å². The lowest BCUT2D eigenvalue weighted by atomic mass is 10.1. The third kappa shape index (κ3) is 7.08. The third-order valence-electron chi connectivity index (χ3n) is 3.66. The predicted octanol–water partition coefficient (Wildman–Crippen LogP) is 3.12. The summed E-state index contributed by atoms with van der Waals surface area (Å²) in [6, 6.07) is 0.590. The molecule has 0 fully saturated rings. The molecule has 0 unspecified atom stereocenters. The second-order valence-electron chi connectivity index (χ2n) is 5.53. The molecule has 2 N–H and O–H groups in total. The summed E-state index contributed by atoms with van der Waals surface area (Å²) >= 11 is 0. The maximum absolute atomic E-state index is 12.8. The van der Waals surface area contributed by atoms with Gasteiger partial charge < -0.3 is 15.5 Å². The molecule has 1 aromatic carbocycles. The number of halogens is 6. The van der Waals surface area contributed by atoms with Crippen LogP contribution in [0.5, 0.6) is 0 Å². The first-order valence-corrected chi connectivity index (χ1v) is 7.99. The van der Waals surface area contributed by atoms with E-state index in [0.29, 0.717) is 31.8 Å². The molecule has 152 valence electrons. The van der Waals surface area contributed by atoms with Crippen LogP contribution in [0.2, 0.25) is 0 Å². The molecule has 0 atom stereocenters. The Bertz CT molecular complexity index is 637. The van der Waals surface area contributed by atoms with Gasteiger partial charge in [0, 0.05) is 18.8 Å². The summed E-state index contributed by atoms with van der Waals surface area (Å²) in [6.45, 7) is 5.75. The molecule has 2 amide bonds. The smallest absolute Gasteiger partial charge is 0.347 e. The number of hydrogen-bond acceptors (Lipinski definition) is 3. The summed E-state index contributed by atoms with van der Waals surface area (Å²) in [6.07, 6.45) is -10.1. The Morgan fingerprint density at radius 1 is 0.889 bits per heavy atom. The standard InChI is InChI=1S/C16H19F6N3O2/c1-3-25(4-2)6-5-23-13(26)14(27)24-12-8-10(15(17,18)19)7-11(9-12)16(20,21)22/h7-9H,3-6H2,1-2H3,(H,23,26)(H,24,27). The number of carbonyl (C=O) groups excluding carboxylic acids is 2. The monoisotopic (exact) mass is 399 g/mol. The Morgan fingerprint density at radius 3 is 1.78 bits per heavy atom. The summed E-state index contributed by atoms with van der Waals surface area (Å²) < 4.78 is 76.7. The highest BCUT2D eigenvalue weighted by Crippen LogP contribution is 2.37. The van der Waals surface area contributed by atoms with Crippen molar-refractivity contribution in [2.24, 2.45) is 0 Å². The zero-order valence-electron chi connectivity index (χ0n) is 14.6. The zero-order chi connectivity index (χ0) is 20.8. The lowest BCUT2D eigenvalue weighted by Crippen LogP contribution is -2.40. The van der Waals surface area contributed by atoms with E-state index >= 15 is 0 Å². The second-order valence-corrected chi connectivity index (χ2v) is 5.53. The fraction of sp³-hybridized carbons (Fsp3) is 0.500. The van der Waals surface area contributed by atoms with Gasteiger partial charge in [0.1, 0.15) is 0 Å². The van der Waals surface area contributed by atoms with Crippen LogP contribution in [-0.2, 0) is 21.9 Å². The molecule has 0 aromatic heterocycles. The van der Waals surface area contributed by atoms with E-state index in [1.165, 1.54) is 0 Å². The van der Waals surface area contributed by atoms with Gasteiger partial charge in [-0.1, -0.05) is 13.8 Å². The van der Waals surface area contributed by atoms with Crippen LogP contribution in [0.1, 0.15) is 25.0 Å². The number of hydrogen-bond donors (Lipinski definition) is 2. The van der Waals surface area contributed by atoms with Crippen LogP contribution in [0, 0.1) is 0 Å². The van der Waals surface area contributed by atoms with Gasteiger partial charge in [-0.3, -0.25) is 9.59 Å². The molecule has 27 heavy (non-hydrogen) atoms. The Hall–Kier alpha value is -2.30. The van der Waals surface area contributed by atoms with Crippen molar-refractivity contribution < 1.29 is 35.9 Å². The summed E-state index contributed by atoms with van der Waals surface area (Å²) in [5.74, 6) is -2.52. The molecule has 0 bridgehead atoms. The molecule has 1 aromatic rings. The topological polar surface area (TPSA) is 61.4 Å². The molecule has 1 rings (SSSR count). The van der Waals surface area contributed by atoms with Crippen LogP contribution in [0.25, 0.3) is 0 Å². The number of rotatable bonds is 6. The van der Waals surface area contributed by atoms with Crippen molar-refractivity contribution in [1.82, 2.24) is 10.2 Å². The Labute approximate surface area is 151 Å². The number of anilines is 1. The van der Waals surface area contributed by atoms with Crippen molar-refractivity contribution in [2.45, 2.75) is 26.2 Å². The highest BCUT2D eigenvalue weighted by Gasteiger charge is 2.37. The molecule has 0 aliphatic rings. The highest BCUT2D eigenvalue weighted by atomic mass is 19.4. The summed E-state index contributed by atoms with van der Waals surface area (Å²) in [7, 11) is 0. The van der Waals surface area contributed by atoms with E-state index < -0.39 is 41.0 Å². The molecule has 0 spiro atoms. The second kappa shape index (κ2) is 9.07. The van der Waals surface area contributed by atoms with E-state index in [-0.39, 0.29) is 12.6 Å². The molecule has 0 heterocycles. The Balaban J connectivity index is 2.87. The largest absolute Gasteiger partial charge is 0.416 e. The first kappa shape index (κ1) is 22.7. The minimum Gasteiger partial charge on any atom is -0.347 e. The van der Waals surface area contributed by atoms with Gasteiger partial charge in [-0.25, -0.2) is 0 Å². The van der Waals surface area contributed by atoms with Gasteiger partial charge in [0.25, 0.3) is 0 Å². The SMILES string of the molecule is CCN(CC)CCNC(=O)C(=O)Nc1cc(C(F)(F)F)cc(C(F)(F)F)c1. The highest BCUT2D eigenvalue weighted by molar-refractivity contribution is 6.39. The van der Waals surface area contributed by atoms with Crippen LogP contribution in [0.4, 0.5) is 32.0 Å². The lowest BCUT2D eigenvalue weighted by Gasteiger charge is -2.18. The zero-order valence-corrected chi connectivity index (χ0v) is 14.6. The van der Waals surface area contributed by atoms with Crippen molar-refractivity contribution >= 4 is 17.5 Å². The van der Waals surface area contributed by atoms with E-state index in [2.05, 4.69) is 5.32 Å². The maximum Gasteiger partial charge on any atom is 0.416 e. The lowest BCUT2D eigenvalue weighted by molar-refractivity contribution is -0.143. The quantitative estimate of drug-likeness (QED) is 0.571. The molecular formula is C16H19F6N3O2. The van der Waals surface area contributed by atoms with E-state index in [1.54, 1.807) is 5.32 Å². The Morgan fingerprint density at radius 2 is 1.37 bits per heavy atom. The van der Waals surface area contributed by atoms with Crippen LogP contribution >= 0.6 is 0 Å². The molecule has 0 saturated carbocycles. The van der Waals surface area contributed by atoms with Gasteiger partial charge >= 0.3 is 24.2 Å². The van der Waals surface area contributed by atoms with Crippen molar-refractivity contribution in [2.75, 3.05) is 31.5 Å². The number of alkyl halides is 6. The number of likely N-dealkylation sites (N-methyl/N-ethyl adjacent to an activating group) is 1. The normalized spacial score (nSPS) is 12.2. The average Bonchev–Trinajstić information content (AvgIpc) is 2.56. The number of benzene rings is 1. The number of carbonyl (C=O) groups is 2. The summed E-state index contributed by atoms with van der Waals surface area (Å²) in [4.78, 5) is 25.4. The van der Waals surface area contributed by atoms with Crippen LogP contribution < -0.4 is 10.6 Å². The van der Waals surface area contributed by atoms with E-state index in [4.69, 9.17) is 0 Å². The number of nitrogens with zero attached hydrogens (tertiary/aromatic N) is 1. The number of amides is 2. The molecule has 0 saturated heterocycles. The summed E-state index contributed by atoms with van der Waals surface area (Å²) in [5, 5.41) is 4.02. The van der Waals surface area contributed by atoms with Gasteiger partial charge in [0.15, 0.2) is 0 Å². The molecular weight excluding hydrogens is 380 g/mol. The molecule has 11 heteroatoms. The van der Waals surface area contributed by atoms with Crippen LogP contribution in [0.3, 0.4) is 0 Å². The first-order chi connectivity index (χ1) is 12.4. The van der Waals surface area contributed by atoms with Crippen LogP contribution in [0.15, 0.2) is 18.2 Å². The van der Waals surface area contributed by atoms with E-state index in [9.17, 15) is 35.9 Å². The van der Waals surface area contributed by atoms with Crippen LogP contribution in [-0.4, -0.2) is 42.9 Å². The van der Waals surface area contributed by atoms with Gasteiger partial charge in [-0.2, -0.15) is 26.3 Å². The third-order valence-corrected chi connectivity index (χ3v) is 3.66.